The first-order valence-electron chi connectivity index (χ1n) is 9.73. The first kappa shape index (κ1) is 20.6. The van der Waals surface area contributed by atoms with E-state index in [1.54, 1.807) is 48.7 Å². The molecule has 0 aliphatic heterocycles. The SMILES string of the molecule is Cc1ccc(Oc2nc3ccccn3c(=O)c2C=C(C#N)C(=O)NCc2ccco2)cc1. The van der Waals surface area contributed by atoms with Gasteiger partial charge in [0.05, 0.1) is 12.8 Å². The van der Waals surface area contributed by atoms with Crippen molar-refractivity contribution in [2.24, 2.45) is 0 Å². The molecule has 0 saturated heterocycles. The summed E-state index contributed by atoms with van der Waals surface area (Å²) in [4.78, 5) is 30.1. The van der Waals surface area contributed by atoms with Crippen molar-refractivity contribution in [3.8, 4) is 17.7 Å². The molecule has 0 spiro atoms. The predicted molar refractivity (Wildman–Crippen MR) is 117 cm³/mol. The van der Waals surface area contributed by atoms with Crippen molar-refractivity contribution in [1.82, 2.24) is 14.7 Å². The lowest BCUT2D eigenvalue weighted by Gasteiger charge is -2.10. The predicted octanol–water partition coefficient (Wildman–Crippen LogP) is 3.61. The van der Waals surface area contributed by atoms with Gasteiger partial charge >= 0.3 is 0 Å². The van der Waals surface area contributed by atoms with Crippen molar-refractivity contribution < 1.29 is 13.9 Å². The van der Waals surface area contributed by atoms with E-state index in [1.807, 2.05) is 25.1 Å². The number of rotatable bonds is 6. The number of pyridine rings is 1. The van der Waals surface area contributed by atoms with Crippen LogP contribution in [0.4, 0.5) is 0 Å². The Hall–Kier alpha value is -4.64. The van der Waals surface area contributed by atoms with Crippen LogP contribution >= 0.6 is 0 Å². The summed E-state index contributed by atoms with van der Waals surface area (Å²) in [7, 11) is 0. The van der Waals surface area contributed by atoms with E-state index in [9.17, 15) is 14.9 Å². The number of carbonyl (C=O) groups is 1. The minimum atomic E-state index is -0.650. The molecular weight excluding hydrogens is 408 g/mol. The Kier molecular flexibility index (Phi) is 5.81. The Bertz CT molecular complexity index is 1390. The second-order valence-electron chi connectivity index (χ2n) is 6.91. The summed E-state index contributed by atoms with van der Waals surface area (Å²) in [6.45, 7) is 2.05. The number of nitrogens with zero attached hydrogens (tertiary/aromatic N) is 3. The molecule has 4 rings (SSSR count). The monoisotopic (exact) mass is 426 g/mol. The fourth-order valence-electron chi connectivity index (χ4n) is 2.97. The average molecular weight is 426 g/mol. The van der Waals surface area contributed by atoms with E-state index < -0.39 is 11.5 Å². The van der Waals surface area contributed by atoms with Crippen molar-refractivity contribution in [2.75, 3.05) is 0 Å². The summed E-state index contributed by atoms with van der Waals surface area (Å²) in [6, 6.07) is 17.6. The molecule has 0 aliphatic rings. The molecule has 1 N–H and O–H groups in total. The van der Waals surface area contributed by atoms with Gasteiger partial charge in [-0.3, -0.25) is 14.0 Å². The van der Waals surface area contributed by atoms with Gasteiger partial charge in [0.25, 0.3) is 11.5 Å². The molecule has 0 unspecified atom stereocenters. The lowest BCUT2D eigenvalue weighted by atomic mass is 10.1. The highest BCUT2D eigenvalue weighted by Gasteiger charge is 2.17. The first-order valence-corrected chi connectivity index (χ1v) is 9.73. The molecule has 1 aromatic carbocycles. The lowest BCUT2D eigenvalue weighted by Crippen LogP contribution is -2.24. The fourth-order valence-corrected chi connectivity index (χ4v) is 2.97. The van der Waals surface area contributed by atoms with Crippen LogP contribution in [0.1, 0.15) is 16.9 Å². The van der Waals surface area contributed by atoms with Gasteiger partial charge in [-0.2, -0.15) is 10.2 Å². The van der Waals surface area contributed by atoms with Crippen LogP contribution in [0.25, 0.3) is 11.7 Å². The third-order valence-electron chi connectivity index (χ3n) is 4.63. The maximum absolute atomic E-state index is 13.2. The fraction of sp³-hybridized carbons (Fsp3) is 0.0833. The van der Waals surface area contributed by atoms with Crippen molar-refractivity contribution in [3.63, 3.8) is 0 Å². The van der Waals surface area contributed by atoms with Gasteiger partial charge in [-0.05, 0) is 49.4 Å². The Morgan fingerprint density at radius 1 is 1.22 bits per heavy atom. The molecule has 3 heterocycles. The zero-order valence-electron chi connectivity index (χ0n) is 17.1. The van der Waals surface area contributed by atoms with E-state index in [1.165, 1.54) is 16.7 Å². The molecule has 158 valence electrons. The summed E-state index contributed by atoms with van der Waals surface area (Å²) in [5.74, 6) is 0.351. The van der Waals surface area contributed by atoms with E-state index in [-0.39, 0.29) is 23.6 Å². The van der Waals surface area contributed by atoms with Crippen LogP contribution in [0.5, 0.6) is 11.6 Å². The summed E-state index contributed by atoms with van der Waals surface area (Å²) in [6.07, 6.45) is 4.23. The second kappa shape index (κ2) is 9.02. The number of ether oxygens (including phenoxy) is 1. The summed E-state index contributed by atoms with van der Waals surface area (Å²) in [5, 5.41) is 12.2. The summed E-state index contributed by atoms with van der Waals surface area (Å²) in [5.41, 5.74) is 0.671. The van der Waals surface area contributed by atoms with E-state index in [0.29, 0.717) is 17.2 Å². The molecule has 0 atom stereocenters. The zero-order chi connectivity index (χ0) is 22.5. The number of furan rings is 1. The van der Waals surface area contributed by atoms with Crippen LogP contribution in [0.3, 0.4) is 0 Å². The van der Waals surface area contributed by atoms with Gasteiger partial charge in [0.15, 0.2) is 0 Å². The molecule has 0 bridgehead atoms. The smallest absolute Gasteiger partial charge is 0.269 e. The van der Waals surface area contributed by atoms with E-state index >= 15 is 0 Å². The van der Waals surface area contributed by atoms with Gasteiger partial charge < -0.3 is 14.5 Å². The normalized spacial score (nSPS) is 11.2. The number of amides is 1. The topological polar surface area (TPSA) is 110 Å². The van der Waals surface area contributed by atoms with Crippen molar-refractivity contribution in [1.29, 1.82) is 5.26 Å². The third-order valence-corrected chi connectivity index (χ3v) is 4.63. The first-order chi connectivity index (χ1) is 15.5. The molecular formula is C24H18N4O4. The van der Waals surface area contributed by atoms with Crippen LogP contribution in [-0.2, 0) is 11.3 Å². The Labute approximate surface area is 183 Å². The lowest BCUT2D eigenvalue weighted by molar-refractivity contribution is -0.117. The highest BCUT2D eigenvalue weighted by Crippen LogP contribution is 2.24. The number of aromatic nitrogens is 2. The number of fused-ring (bicyclic) bond motifs is 1. The van der Waals surface area contributed by atoms with Gasteiger partial charge in [-0.1, -0.05) is 23.8 Å². The molecule has 0 fully saturated rings. The van der Waals surface area contributed by atoms with Crippen molar-refractivity contribution >= 4 is 17.6 Å². The highest BCUT2D eigenvalue weighted by atomic mass is 16.5. The van der Waals surface area contributed by atoms with Gasteiger partial charge in [0.2, 0.25) is 5.88 Å². The van der Waals surface area contributed by atoms with Crippen molar-refractivity contribution in [3.05, 3.63) is 99.9 Å². The van der Waals surface area contributed by atoms with Crippen LogP contribution in [-0.4, -0.2) is 15.3 Å². The third kappa shape index (κ3) is 4.42. The molecule has 3 aromatic heterocycles. The van der Waals surface area contributed by atoms with Crippen LogP contribution < -0.4 is 15.6 Å². The number of hydrogen-bond acceptors (Lipinski definition) is 6. The van der Waals surface area contributed by atoms with E-state index in [2.05, 4.69) is 10.3 Å². The van der Waals surface area contributed by atoms with Crippen LogP contribution in [0.2, 0.25) is 0 Å². The zero-order valence-corrected chi connectivity index (χ0v) is 17.1. The van der Waals surface area contributed by atoms with Gasteiger partial charge in [-0.25, -0.2) is 0 Å². The number of hydrogen-bond donors (Lipinski definition) is 1. The second-order valence-corrected chi connectivity index (χ2v) is 6.91. The molecule has 1 amide bonds. The summed E-state index contributed by atoms with van der Waals surface area (Å²) < 4.78 is 12.4. The molecule has 8 heteroatoms. The highest BCUT2D eigenvalue weighted by molar-refractivity contribution is 6.01. The molecule has 0 radical (unpaired) electrons. The van der Waals surface area contributed by atoms with Gasteiger partial charge in [0, 0.05) is 6.20 Å². The maximum Gasteiger partial charge on any atom is 0.269 e. The number of aryl methyl sites for hydroxylation is 1. The number of nitrogens with one attached hydrogen (secondary N) is 1. The Morgan fingerprint density at radius 2 is 2.03 bits per heavy atom. The number of nitriles is 1. The average Bonchev–Trinajstić information content (AvgIpc) is 3.33. The van der Waals surface area contributed by atoms with Gasteiger partial charge in [0.1, 0.15) is 34.4 Å². The number of carbonyl (C=O) groups excluding carboxylic acids is 1. The van der Waals surface area contributed by atoms with Crippen molar-refractivity contribution in [2.45, 2.75) is 13.5 Å². The van der Waals surface area contributed by atoms with Crippen LogP contribution in [0, 0.1) is 18.3 Å². The Morgan fingerprint density at radius 3 is 2.75 bits per heavy atom. The van der Waals surface area contributed by atoms with E-state index in [4.69, 9.17) is 9.15 Å². The Balaban J connectivity index is 1.75. The molecule has 32 heavy (non-hydrogen) atoms. The quantitative estimate of drug-likeness (QED) is 0.373. The minimum absolute atomic E-state index is 0.00311. The molecule has 4 aromatic rings. The molecule has 0 aliphatic carbocycles. The minimum Gasteiger partial charge on any atom is -0.467 e. The standard InChI is InChI=1S/C24H18N4O4/c1-16-7-9-18(10-8-16)32-23-20(24(30)28-11-3-2-6-21(28)27-23)13-17(14-25)22(29)26-15-19-5-4-12-31-19/h2-13H,15H2,1H3,(H,26,29). The van der Waals surface area contributed by atoms with Gasteiger partial charge in [-0.15, -0.1) is 0 Å². The number of benzene rings is 1. The summed E-state index contributed by atoms with van der Waals surface area (Å²) >= 11 is 0. The van der Waals surface area contributed by atoms with E-state index in [0.717, 1.165) is 5.56 Å². The maximum atomic E-state index is 13.2. The van der Waals surface area contributed by atoms with Crippen LogP contribution in [0.15, 0.2) is 81.8 Å². The largest absolute Gasteiger partial charge is 0.467 e. The molecule has 0 saturated carbocycles. The molecule has 8 nitrogen and oxygen atoms in total.